The molecule has 2 fully saturated rings. The minimum absolute atomic E-state index is 0.0817. The zero-order valence-electron chi connectivity index (χ0n) is 15.8. The van der Waals surface area contributed by atoms with Crippen molar-refractivity contribution in [3.05, 3.63) is 39.9 Å². The number of carbonyl (C=O) groups excluding carboxylic acids is 1. The van der Waals surface area contributed by atoms with Crippen molar-refractivity contribution in [3.8, 4) is 5.82 Å². The van der Waals surface area contributed by atoms with E-state index in [0.29, 0.717) is 31.9 Å². The molecule has 144 valence electrons. The van der Waals surface area contributed by atoms with E-state index in [2.05, 4.69) is 10.2 Å². The first-order valence-electron chi connectivity index (χ1n) is 9.51. The fraction of sp³-hybridized carbons (Fsp3) is 0.579. The Morgan fingerprint density at radius 3 is 2.74 bits per heavy atom. The summed E-state index contributed by atoms with van der Waals surface area (Å²) in [5.41, 5.74) is 1.75. The summed E-state index contributed by atoms with van der Waals surface area (Å²) in [6.45, 7) is 6.50. The summed E-state index contributed by atoms with van der Waals surface area (Å²) in [5, 5.41) is 8.90. The molecule has 8 nitrogen and oxygen atoms in total. The quantitative estimate of drug-likeness (QED) is 0.785. The van der Waals surface area contributed by atoms with Crippen molar-refractivity contribution in [1.82, 2.24) is 24.5 Å². The first-order chi connectivity index (χ1) is 13.0. The summed E-state index contributed by atoms with van der Waals surface area (Å²) in [5.74, 6) is 1.03. The monoisotopic (exact) mass is 371 g/mol. The van der Waals surface area contributed by atoms with Crippen LogP contribution in [0.3, 0.4) is 0 Å². The van der Waals surface area contributed by atoms with Gasteiger partial charge < -0.3 is 9.64 Å². The lowest BCUT2D eigenvalue weighted by molar-refractivity contribution is -0.140. The van der Waals surface area contributed by atoms with Gasteiger partial charge in [0.05, 0.1) is 24.8 Å². The second-order valence-corrected chi connectivity index (χ2v) is 7.55. The van der Waals surface area contributed by atoms with E-state index < -0.39 is 0 Å². The number of aromatic nitrogens is 4. The molecule has 0 saturated carbocycles. The van der Waals surface area contributed by atoms with Crippen molar-refractivity contribution in [3.63, 3.8) is 0 Å². The Bertz CT molecular complexity index is 891. The van der Waals surface area contributed by atoms with Crippen LogP contribution >= 0.6 is 0 Å². The maximum absolute atomic E-state index is 12.3. The third kappa shape index (κ3) is 3.80. The molecule has 0 aliphatic carbocycles. The van der Waals surface area contributed by atoms with Gasteiger partial charge in [-0.05, 0) is 38.8 Å². The average Bonchev–Trinajstić information content (AvgIpc) is 3.21. The number of hydrogen-bond donors (Lipinski definition) is 0. The van der Waals surface area contributed by atoms with Gasteiger partial charge in [-0.2, -0.15) is 5.10 Å². The van der Waals surface area contributed by atoms with Gasteiger partial charge in [0, 0.05) is 37.4 Å². The molecule has 1 amide bonds. The van der Waals surface area contributed by atoms with Crippen LogP contribution in [0.4, 0.5) is 0 Å². The second-order valence-electron chi connectivity index (χ2n) is 7.55. The smallest absolute Gasteiger partial charge is 0.266 e. The molecule has 2 saturated heterocycles. The molecular weight excluding hydrogens is 346 g/mol. The molecule has 0 N–H and O–H groups in total. The number of amides is 1. The van der Waals surface area contributed by atoms with E-state index in [9.17, 15) is 9.59 Å². The number of hydrogen-bond acceptors (Lipinski definition) is 5. The Kier molecular flexibility index (Phi) is 4.82. The largest absolute Gasteiger partial charge is 0.378 e. The van der Waals surface area contributed by atoms with Crippen LogP contribution in [0, 0.1) is 19.8 Å². The lowest BCUT2D eigenvalue weighted by Crippen LogP contribution is -2.52. The zero-order chi connectivity index (χ0) is 19.0. The molecule has 1 atom stereocenters. The van der Waals surface area contributed by atoms with Gasteiger partial charge in [-0.1, -0.05) is 0 Å². The summed E-state index contributed by atoms with van der Waals surface area (Å²) >= 11 is 0. The third-order valence-electron chi connectivity index (χ3n) is 5.25. The normalized spacial score (nSPS) is 20.1. The van der Waals surface area contributed by atoms with Crippen LogP contribution in [0.5, 0.6) is 0 Å². The van der Waals surface area contributed by atoms with Crippen molar-refractivity contribution < 1.29 is 9.53 Å². The molecule has 0 radical (unpaired) electrons. The number of rotatable bonds is 5. The van der Waals surface area contributed by atoms with Crippen molar-refractivity contribution in [1.29, 1.82) is 0 Å². The highest BCUT2D eigenvalue weighted by atomic mass is 16.5. The van der Waals surface area contributed by atoms with Crippen LogP contribution in [0.2, 0.25) is 0 Å². The molecule has 4 rings (SSSR count). The molecule has 8 heteroatoms. The van der Waals surface area contributed by atoms with E-state index in [1.807, 2.05) is 24.8 Å². The van der Waals surface area contributed by atoms with Gasteiger partial charge in [-0.25, -0.2) is 9.36 Å². The van der Waals surface area contributed by atoms with Crippen molar-refractivity contribution in [2.45, 2.75) is 45.8 Å². The van der Waals surface area contributed by atoms with E-state index in [0.717, 1.165) is 30.8 Å². The standard InChI is InChI=1S/C19H25N5O3/c1-13-8-14(2)24(20-13)17-5-6-18(25)23(21-17)12-15-10-22(11-15)19(26)9-16-4-3-7-27-16/h5-6,8,15-16H,3-4,7,9-12H2,1-2H3. The molecule has 0 spiro atoms. The van der Waals surface area contributed by atoms with Crippen molar-refractivity contribution in [2.75, 3.05) is 19.7 Å². The maximum atomic E-state index is 12.3. The Balaban J connectivity index is 1.37. The topological polar surface area (TPSA) is 82.2 Å². The molecule has 2 aliphatic rings. The molecule has 0 aromatic carbocycles. The van der Waals surface area contributed by atoms with Crippen LogP contribution in [0.25, 0.3) is 5.82 Å². The number of ether oxygens (including phenoxy) is 1. The first-order valence-corrected chi connectivity index (χ1v) is 9.51. The fourth-order valence-corrected chi connectivity index (χ4v) is 3.81. The number of carbonyl (C=O) groups is 1. The summed E-state index contributed by atoms with van der Waals surface area (Å²) < 4.78 is 8.76. The minimum atomic E-state index is -0.135. The van der Waals surface area contributed by atoms with Crippen LogP contribution in [-0.2, 0) is 16.1 Å². The summed E-state index contributed by atoms with van der Waals surface area (Å²) in [6.07, 6.45) is 2.57. The minimum Gasteiger partial charge on any atom is -0.378 e. The molecule has 2 aromatic rings. The van der Waals surface area contributed by atoms with Gasteiger partial charge in [0.1, 0.15) is 0 Å². The molecule has 27 heavy (non-hydrogen) atoms. The van der Waals surface area contributed by atoms with Crippen molar-refractivity contribution in [2.24, 2.45) is 5.92 Å². The Morgan fingerprint density at radius 2 is 2.07 bits per heavy atom. The summed E-state index contributed by atoms with van der Waals surface area (Å²) in [4.78, 5) is 26.3. The van der Waals surface area contributed by atoms with E-state index in [4.69, 9.17) is 4.74 Å². The van der Waals surface area contributed by atoms with Crippen LogP contribution < -0.4 is 5.56 Å². The van der Waals surface area contributed by atoms with Crippen LogP contribution in [-0.4, -0.2) is 56.2 Å². The van der Waals surface area contributed by atoms with Gasteiger partial charge in [-0.3, -0.25) is 9.59 Å². The van der Waals surface area contributed by atoms with E-state index in [1.54, 1.807) is 10.7 Å². The molecule has 0 bridgehead atoms. The number of nitrogens with zero attached hydrogens (tertiary/aromatic N) is 5. The lowest BCUT2D eigenvalue weighted by Gasteiger charge is -2.39. The molecule has 4 heterocycles. The van der Waals surface area contributed by atoms with Crippen molar-refractivity contribution >= 4 is 5.91 Å². The Hall–Kier alpha value is -2.48. The van der Waals surface area contributed by atoms with E-state index in [1.165, 1.54) is 10.7 Å². The predicted octanol–water partition coefficient (Wildman–Crippen LogP) is 1.07. The third-order valence-corrected chi connectivity index (χ3v) is 5.25. The van der Waals surface area contributed by atoms with E-state index in [-0.39, 0.29) is 23.5 Å². The van der Waals surface area contributed by atoms with Gasteiger partial charge in [0.15, 0.2) is 5.82 Å². The highest BCUT2D eigenvalue weighted by Gasteiger charge is 2.33. The van der Waals surface area contributed by atoms with Gasteiger partial charge >= 0.3 is 0 Å². The lowest BCUT2D eigenvalue weighted by atomic mass is 9.99. The molecule has 1 unspecified atom stereocenters. The van der Waals surface area contributed by atoms with Gasteiger partial charge in [0.25, 0.3) is 5.56 Å². The van der Waals surface area contributed by atoms with Gasteiger partial charge in [-0.15, -0.1) is 5.10 Å². The molecule has 2 aliphatic heterocycles. The zero-order valence-corrected chi connectivity index (χ0v) is 15.8. The second kappa shape index (κ2) is 7.26. The van der Waals surface area contributed by atoms with Crippen LogP contribution in [0.15, 0.2) is 23.0 Å². The van der Waals surface area contributed by atoms with E-state index >= 15 is 0 Å². The Morgan fingerprint density at radius 1 is 1.26 bits per heavy atom. The SMILES string of the molecule is Cc1cc(C)n(-c2ccc(=O)n(CC3CN(C(=O)CC4CCCO4)C3)n2)n1. The summed E-state index contributed by atoms with van der Waals surface area (Å²) in [7, 11) is 0. The highest BCUT2D eigenvalue weighted by molar-refractivity contribution is 5.77. The average molecular weight is 371 g/mol. The van der Waals surface area contributed by atoms with Gasteiger partial charge in [0.2, 0.25) is 5.91 Å². The maximum Gasteiger partial charge on any atom is 0.266 e. The molecular formula is C19H25N5O3. The fourth-order valence-electron chi connectivity index (χ4n) is 3.81. The first kappa shape index (κ1) is 17.9. The number of likely N-dealkylation sites (tertiary alicyclic amines) is 1. The van der Waals surface area contributed by atoms with Crippen LogP contribution in [0.1, 0.15) is 30.7 Å². The summed E-state index contributed by atoms with van der Waals surface area (Å²) in [6, 6.07) is 5.19. The Labute approximate surface area is 157 Å². The molecule has 2 aromatic heterocycles. The highest BCUT2D eigenvalue weighted by Crippen LogP contribution is 2.22. The number of aryl methyl sites for hydroxylation is 2. The predicted molar refractivity (Wildman–Crippen MR) is 98.8 cm³/mol.